The molecular weight excluding hydrogens is 319 g/mol. The third-order valence-electron chi connectivity index (χ3n) is 3.21. The van der Waals surface area contributed by atoms with E-state index in [1.807, 2.05) is 24.3 Å². The number of halogens is 2. The van der Waals surface area contributed by atoms with Gasteiger partial charge in [0, 0.05) is 12.1 Å². The minimum Gasteiger partial charge on any atom is -0.489 e. The Morgan fingerprint density at radius 1 is 1.17 bits per heavy atom. The Balaban J connectivity index is 1.54. The molecule has 23 heavy (non-hydrogen) atoms. The third kappa shape index (κ3) is 4.20. The van der Waals surface area contributed by atoms with Gasteiger partial charge in [0.25, 0.3) is 0 Å². The summed E-state index contributed by atoms with van der Waals surface area (Å²) >= 11 is 5.97. The van der Waals surface area contributed by atoms with Gasteiger partial charge in [-0.15, -0.1) is 0 Å². The van der Waals surface area contributed by atoms with Crippen molar-refractivity contribution >= 4 is 17.5 Å². The average Bonchev–Trinajstić information content (AvgIpc) is 3.07. The lowest BCUT2D eigenvalue weighted by Gasteiger charge is -2.09. The summed E-state index contributed by atoms with van der Waals surface area (Å²) in [7, 11) is 0. The third-order valence-corrected chi connectivity index (χ3v) is 3.56. The second-order valence-corrected chi connectivity index (χ2v) is 5.26. The summed E-state index contributed by atoms with van der Waals surface area (Å²) in [5, 5.41) is 9.96. The van der Waals surface area contributed by atoms with E-state index >= 15 is 0 Å². The van der Waals surface area contributed by atoms with Crippen LogP contribution in [0.2, 0.25) is 5.02 Å². The van der Waals surface area contributed by atoms with Crippen molar-refractivity contribution in [3.63, 3.8) is 0 Å². The molecule has 2 aromatic carbocycles. The van der Waals surface area contributed by atoms with Crippen molar-refractivity contribution in [1.29, 1.82) is 0 Å². The standard InChI is InChI=1S/C16H14ClFN4O/c17-15-7-13(18)4-3-12(15)9-23-14-5-1-11(2-6-14)8-19-16-20-10-21-22-16/h1-7,10H,8-9H2,(H2,19,20,21,22). The quantitative estimate of drug-likeness (QED) is 0.721. The number of rotatable bonds is 6. The molecule has 0 radical (unpaired) electrons. The molecule has 7 heteroatoms. The van der Waals surface area contributed by atoms with Crippen LogP contribution in [0.25, 0.3) is 0 Å². The lowest BCUT2D eigenvalue weighted by atomic mass is 10.2. The molecule has 0 unspecified atom stereocenters. The molecule has 3 rings (SSSR count). The fourth-order valence-corrected chi connectivity index (χ4v) is 2.20. The Hall–Kier alpha value is -2.60. The number of H-pyrrole nitrogens is 1. The summed E-state index contributed by atoms with van der Waals surface area (Å²) in [6, 6.07) is 11.9. The van der Waals surface area contributed by atoms with Gasteiger partial charge in [0.15, 0.2) is 0 Å². The second-order valence-electron chi connectivity index (χ2n) is 4.86. The average molecular weight is 333 g/mol. The minimum absolute atomic E-state index is 0.286. The highest BCUT2D eigenvalue weighted by atomic mass is 35.5. The zero-order valence-corrected chi connectivity index (χ0v) is 12.8. The predicted molar refractivity (Wildman–Crippen MR) is 85.9 cm³/mol. The normalized spacial score (nSPS) is 10.5. The fourth-order valence-electron chi connectivity index (χ4n) is 1.98. The van der Waals surface area contributed by atoms with Crippen LogP contribution >= 0.6 is 11.6 Å². The second kappa shape index (κ2) is 7.11. The lowest BCUT2D eigenvalue weighted by molar-refractivity contribution is 0.306. The Labute approximate surface area is 137 Å². The summed E-state index contributed by atoms with van der Waals surface area (Å²) in [6.07, 6.45) is 1.44. The fraction of sp³-hybridized carbons (Fsp3) is 0.125. The summed E-state index contributed by atoms with van der Waals surface area (Å²) in [5.41, 5.74) is 1.82. The van der Waals surface area contributed by atoms with E-state index in [-0.39, 0.29) is 12.4 Å². The van der Waals surface area contributed by atoms with Crippen molar-refractivity contribution < 1.29 is 9.13 Å². The van der Waals surface area contributed by atoms with E-state index in [1.54, 1.807) is 6.07 Å². The summed E-state index contributed by atoms with van der Waals surface area (Å²) in [5.74, 6) is 0.979. The van der Waals surface area contributed by atoms with Crippen molar-refractivity contribution in [2.75, 3.05) is 5.32 Å². The molecule has 0 amide bonds. The number of nitrogens with one attached hydrogen (secondary N) is 2. The van der Waals surface area contributed by atoms with Crippen molar-refractivity contribution in [1.82, 2.24) is 15.2 Å². The first-order valence-electron chi connectivity index (χ1n) is 6.95. The van der Waals surface area contributed by atoms with Crippen molar-refractivity contribution in [2.24, 2.45) is 0 Å². The molecule has 0 aliphatic heterocycles. The summed E-state index contributed by atoms with van der Waals surface area (Å²) < 4.78 is 18.7. The number of ether oxygens (including phenoxy) is 1. The number of hydrogen-bond acceptors (Lipinski definition) is 4. The van der Waals surface area contributed by atoms with Crippen LogP contribution in [0.5, 0.6) is 5.75 Å². The maximum atomic E-state index is 13.0. The Morgan fingerprint density at radius 3 is 2.70 bits per heavy atom. The van der Waals surface area contributed by atoms with E-state index in [4.69, 9.17) is 16.3 Å². The first-order chi connectivity index (χ1) is 11.2. The van der Waals surface area contributed by atoms with Crippen molar-refractivity contribution in [3.8, 4) is 5.75 Å². The molecule has 5 nitrogen and oxygen atoms in total. The van der Waals surface area contributed by atoms with Gasteiger partial charge in [0.1, 0.15) is 24.5 Å². The van der Waals surface area contributed by atoms with E-state index in [2.05, 4.69) is 20.5 Å². The van der Waals surface area contributed by atoms with Crippen LogP contribution in [0.3, 0.4) is 0 Å². The predicted octanol–water partition coefficient (Wildman–Crippen LogP) is 3.79. The molecule has 0 atom stereocenters. The van der Waals surface area contributed by atoms with Gasteiger partial charge in [0.05, 0.1) is 5.02 Å². The van der Waals surface area contributed by atoms with Crippen LogP contribution < -0.4 is 10.1 Å². The van der Waals surface area contributed by atoms with Crippen LogP contribution in [0, 0.1) is 5.82 Å². The van der Waals surface area contributed by atoms with Crippen LogP contribution in [0.1, 0.15) is 11.1 Å². The van der Waals surface area contributed by atoms with E-state index in [0.717, 1.165) is 11.1 Å². The number of anilines is 1. The molecule has 118 valence electrons. The minimum atomic E-state index is -0.359. The lowest BCUT2D eigenvalue weighted by Crippen LogP contribution is -2.01. The van der Waals surface area contributed by atoms with E-state index < -0.39 is 0 Å². The Morgan fingerprint density at radius 2 is 2.00 bits per heavy atom. The highest BCUT2D eigenvalue weighted by Crippen LogP contribution is 2.20. The van der Waals surface area contributed by atoms with Crippen LogP contribution in [-0.2, 0) is 13.2 Å². The molecule has 0 aliphatic rings. The Bertz CT molecular complexity index is 762. The van der Waals surface area contributed by atoms with Gasteiger partial charge in [-0.25, -0.2) is 14.5 Å². The van der Waals surface area contributed by atoms with Gasteiger partial charge in [-0.3, -0.25) is 0 Å². The molecule has 1 aromatic heterocycles. The molecule has 0 saturated carbocycles. The molecule has 3 aromatic rings. The number of nitrogens with zero attached hydrogens (tertiary/aromatic N) is 2. The largest absolute Gasteiger partial charge is 0.489 e. The number of aromatic nitrogens is 3. The highest BCUT2D eigenvalue weighted by Gasteiger charge is 2.03. The van der Waals surface area contributed by atoms with Crippen molar-refractivity contribution in [3.05, 3.63) is 70.8 Å². The maximum absolute atomic E-state index is 13.0. The van der Waals surface area contributed by atoms with Gasteiger partial charge in [-0.1, -0.05) is 29.8 Å². The number of hydrogen-bond donors (Lipinski definition) is 2. The van der Waals surface area contributed by atoms with Crippen molar-refractivity contribution in [2.45, 2.75) is 13.2 Å². The molecule has 0 aliphatic carbocycles. The Kier molecular flexibility index (Phi) is 4.73. The van der Waals surface area contributed by atoms with Crippen LogP contribution in [0.4, 0.5) is 10.3 Å². The first-order valence-corrected chi connectivity index (χ1v) is 7.33. The van der Waals surface area contributed by atoms with Crippen LogP contribution in [0.15, 0.2) is 48.8 Å². The first kappa shape index (κ1) is 15.3. The maximum Gasteiger partial charge on any atom is 0.218 e. The van der Waals surface area contributed by atoms with Crippen LogP contribution in [-0.4, -0.2) is 15.2 Å². The van der Waals surface area contributed by atoms with Gasteiger partial charge in [0.2, 0.25) is 5.95 Å². The molecule has 0 fully saturated rings. The number of benzene rings is 2. The zero-order chi connectivity index (χ0) is 16.1. The van der Waals surface area contributed by atoms with E-state index in [1.165, 1.54) is 18.5 Å². The molecular formula is C16H14ClFN4O. The van der Waals surface area contributed by atoms with Gasteiger partial charge < -0.3 is 10.1 Å². The SMILES string of the molecule is Fc1ccc(COc2ccc(CNc3ncn[nH]3)cc2)c(Cl)c1. The molecule has 0 bridgehead atoms. The van der Waals surface area contributed by atoms with Gasteiger partial charge >= 0.3 is 0 Å². The topological polar surface area (TPSA) is 62.8 Å². The molecule has 1 heterocycles. The van der Waals surface area contributed by atoms with Gasteiger partial charge in [-0.05, 0) is 29.8 Å². The molecule has 0 saturated heterocycles. The van der Waals surface area contributed by atoms with E-state index in [9.17, 15) is 4.39 Å². The summed E-state index contributed by atoms with van der Waals surface area (Å²) in [6.45, 7) is 0.911. The van der Waals surface area contributed by atoms with E-state index in [0.29, 0.717) is 23.3 Å². The molecule has 2 N–H and O–H groups in total. The smallest absolute Gasteiger partial charge is 0.218 e. The highest BCUT2D eigenvalue weighted by molar-refractivity contribution is 6.31. The molecule has 0 spiro atoms. The summed E-state index contributed by atoms with van der Waals surface area (Å²) in [4.78, 5) is 3.98. The number of aromatic amines is 1. The zero-order valence-electron chi connectivity index (χ0n) is 12.1. The van der Waals surface area contributed by atoms with Gasteiger partial charge in [-0.2, -0.15) is 5.10 Å². The monoisotopic (exact) mass is 332 g/mol.